The SMILES string of the molecule is CCc1cccc(CC)c1N(C(=O)Cc1ccccc1)C1CCS(=O)(=O)C1. The van der Waals surface area contributed by atoms with Crippen LogP contribution in [0.5, 0.6) is 0 Å². The molecule has 0 N–H and O–H groups in total. The van der Waals surface area contributed by atoms with E-state index in [-0.39, 0.29) is 29.9 Å². The number of benzene rings is 2. The Morgan fingerprint density at radius 1 is 1.00 bits per heavy atom. The van der Waals surface area contributed by atoms with Gasteiger partial charge in [0.25, 0.3) is 0 Å². The van der Waals surface area contributed by atoms with Crippen LogP contribution in [0.1, 0.15) is 37.0 Å². The van der Waals surface area contributed by atoms with Crippen LogP contribution in [0.3, 0.4) is 0 Å². The van der Waals surface area contributed by atoms with E-state index in [1.165, 1.54) is 0 Å². The van der Waals surface area contributed by atoms with Gasteiger partial charge in [-0.1, -0.05) is 62.4 Å². The summed E-state index contributed by atoms with van der Waals surface area (Å²) in [7, 11) is -3.09. The summed E-state index contributed by atoms with van der Waals surface area (Å²) < 4.78 is 24.3. The topological polar surface area (TPSA) is 54.5 Å². The summed E-state index contributed by atoms with van der Waals surface area (Å²) >= 11 is 0. The number of para-hydroxylation sites is 1. The fourth-order valence-corrected chi connectivity index (χ4v) is 5.57. The van der Waals surface area contributed by atoms with E-state index in [2.05, 4.69) is 13.8 Å². The molecule has 1 aliphatic rings. The molecule has 1 heterocycles. The van der Waals surface area contributed by atoms with Crippen molar-refractivity contribution in [1.29, 1.82) is 0 Å². The fourth-order valence-electron chi connectivity index (χ4n) is 3.87. The molecular weight excluding hydrogens is 358 g/mol. The number of hydrogen-bond donors (Lipinski definition) is 0. The minimum atomic E-state index is -3.09. The summed E-state index contributed by atoms with van der Waals surface area (Å²) in [4.78, 5) is 15.2. The number of amides is 1. The minimum absolute atomic E-state index is 0.0288. The van der Waals surface area contributed by atoms with E-state index < -0.39 is 9.84 Å². The number of rotatable bonds is 6. The monoisotopic (exact) mass is 385 g/mol. The first-order valence-electron chi connectivity index (χ1n) is 9.62. The van der Waals surface area contributed by atoms with Crippen LogP contribution in [0, 0.1) is 0 Å². The molecule has 27 heavy (non-hydrogen) atoms. The van der Waals surface area contributed by atoms with Crippen LogP contribution in [0.4, 0.5) is 5.69 Å². The highest BCUT2D eigenvalue weighted by Crippen LogP contribution is 2.32. The smallest absolute Gasteiger partial charge is 0.231 e. The Morgan fingerprint density at radius 3 is 2.15 bits per heavy atom. The van der Waals surface area contributed by atoms with Crippen LogP contribution in [-0.2, 0) is 33.9 Å². The Bertz CT molecular complexity index is 884. The van der Waals surface area contributed by atoms with Gasteiger partial charge in [-0.25, -0.2) is 8.42 Å². The second-order valence-electron chi connectivity index (χ2n) is 7.11. The lowest BCUT2D eigenvalue weighted by Gasteiger charge is -2.32. The summed E-state index contributed by atoms with van der Waals surface area (Å²) in [6.07, 6.45) is 2.39. The van der Waals surface area contributed by atoms with Gasteiger partial charge in [-0.2, -0.15) is 0 Å². The Hall–Kier alpha value is -2.14. The molecule has 1 unspecified atom stereocenters. The molecular formula is C22H27NO3S. The van der Waals surface area contributed by atoms with Crippen molar-refractivity contribution in [2.75, 3.05) is 16.4 Å². The quantitative estimate of drug-likeness (QED) is 0.764. The highest BCUT2D eigenvalue weighted by atomic mass is 32.2. The molecule has 1 saturated heterocycles. The molecule has 1 amide bonds. The number of carbonyl (C=O) groups excluding carboxylic acids is 1. The van der Waals surface area contributed by atoms with E-state index >= 15 is 0 Å². The van der Waals surface area contributed by atoms with Crippen molar-refractivity contribution >= 4 is 21.4 Å². The van der Waals surface area contributed by atoms with Crippen molar-refractivity contribution in [3.8, 4) is 0 Å². The molecule has 2 aromatic rings. The lowest BCUT2D eigenvalue weighted by Crippen LogP contribution is -2.43. The summed E-state index contributed by atoms with van der Waals surface area (Å²) in [5.74, 6) is 0.177. The van der Waals surface area contributed by atoms with Crippen LogP contribution in [0.25, 0.3) is 0 Å². The third kappa shape index (κ3) is 4.41. The fraction of sp³-hybridized carbons (Fsp3) is 0.409. The molecule has 1 fully saturated rings. The molecule has 1 aliphatic heterocycles. The van der Waals surface area contributed by atoms with Crippen molar-refractivity contribution in [1.82, 2.24) is 0 Å². The van der Waals surface area contributed by atoms with E-state index in [0.717, 1.165) is 35.2 Å². The Labute approximate surface area is 162 Å². The van der Waals surface area contributed by atoms with E-state index in [0.29, 0.717) is 6.42 Å². The van der Waals surface area contributed by atoms with Crippen molar-refractivity contribution < 1.29 is 13.2 Å². The summed E-state index contributed by atoms with van der Waals surface area (Å²) in [6, 6.07) is 15.5. The molecule has 2 aromatic carbocycles. The molecule has 1 atom stereocenters. The third-order valence-corrected chi connectivity index (χ3v) is 7.00. The van der Waals surface area contributed by atoms with Gasteiger partial charge in [-0.15, -0.1) is 0 Å². The molecule has 0 spiro atoms. The van der Waals surface area contributed by atoms with Crippen LogP contribution < -0.4 is 4.90 Å². The minimum Gasteiger partial charge on any atom is -0.307 e. The van der Waals surface area contributed by atoms with E-state index in [1.54, 1.807) is 4.90 Å². The van der Waals surface area contributed by atoms with E-state index in [9.17, 15) is 13.2 Å². The summed E-state index contributed by atoms with van der Waals surface area (Å²) in [6.45, 7) is 4.15. The molecule has 144 valence electrons. The predicted molar refractivity (Wildman–Crippen MR) is 110 cm³/mol. The maximum atomic E-state index is 13.4. The normalized spacial score (nSPS) is 18.4. The second kappa shape index (κ2) is 8.26. The first-order valence-corrected chi connectivity index (χ1v) is 11.4. The Morgan fingerprint density at radius 2 is 1.63 bits per heavy atom. The summed E-state index contributed by atoms with van der Waals surface area (Å²) in [5, 5.41) is 0. The van der Waals surface area contributed by atoms with E-state index in [4.69, 9.17) is 0 Å². The van der Waals surface area contributed by atoms with Gasteiger partial charge in [0.2, 0.25) is 5.91 Å². The van der Waals surface area contributed by atoms with Crippen LogP contribution in [-0.4, -0.2) is 31.9 Å². The number of aryl methyl sites for hydroxylation is 2. The average Bonchev–Trinajstić information content (AvgIpc) is 3.02. The van der Waals surface area contributed by atoms with Crippen LogP contribution in [0.15, 0.2) is 48.5 Å². The molecule has 4 nitrogen and oxygen atoms in total. The number of sulfone groups is 1. The van der Waals surface area contributed by atoms with Gasteiger partial charge >= 0.3 is 0 Å². The zero-order valence-electron chi connectivity index (χ0n) is 16.0. The Balaban J connectivity index is 2.05. The summed E-state index contributed by atoms with van der Waals surface area (Å²) in [5.41, 5.74) is 4.06. The van der Waals surface area contributed by atoms with Crippen molar-refractivity contribution in [3.63, 3.8) is 0 Å². The van der Waals surface area contributed by atoms with Crippen LogP contribution in [0.2, 0.25) is 0 Å². The first-order chi connectivity index (χ1) is 12.9. The van der Waals surface area contributed by atoms with Gasteiger partial charge in [0.05, 0.1) is 29.7 Å². The Kier molecular flexibility index (Phi) is 6.00. The first kappa shape index (κ1) is 19.6. The molecule has 0 saturated carbocycles. The number of hydrogen-bond acceptors (Lipinski definition) is 3. The zero-order chi connectivity index (χ0) is 19.4. The molecule has 0 aliphatic carbocycles. The number of carbonyl (C=O) groups is 1. The van der Waals surface area contributed by atoms with Gasteiger partial charge in [0, 0.05) is 0 Å². The van der Waals surface area contributed by atoms with Crippen molar-refractivity contribution in [2.45, 2.75) is 45.6 Å². The van der Waals surface area contributed by atoms with Gasteiger partial charge in [-0.05, 0) is 36.0 Å². The van der Waals surface area contributed by atoms with Gasteiger partial charge in [-0.3, -0.25) is 4.79 Å². The van der Waals surface area contributed by atoms with Gasteiger partial charge < -0.3 is 4.90 Å². The largest absolute Gasteiger partial charge is 0.307 e. The maximum absolute atomic E-state index is 13.4. The van der Waals surface area contributed by atoms with Gasteiger partial charge in [0.1, 0.15) is 0 Å². The number of nitrogens with zero attached hydrogens (tertiary/aromatic N) is 1. The highest BCUT2D eigenvalue weighted by molar-refractivity contribution is 7.91. The lowest BCUT2D eigenvalue weighted by atomic mass is 9.99. The second-order valence-corrected chi connectivity index (χ2v) is 9.34. The van der Waals surface area contributed by atoms with Gasteiger partial charge in [0.15, 0.2) is 9.84 Å². The maximum Gasteiger partial charge on any atom is 0.231 e. The molecule has 0 aromatic heterocycles. The number of anilines is 1. The molecule has 0 bridgehead atoms. The van der Waals surface area contributed by atoms with Crippen molar-refractivity contribution in [3.05, 3.63) is 65.2 Å². The molecule has 3 rings (SSSR count). The van der Waals surface area contributed by atoms with Crippen LogP contribution >= 0.6 is 0 Å². The third-order valence-electron chi connectivity index (χ3n) is 5.25. The molecule has 0 radical (unpaired) electrons. The van der Waals surface area contributed by atoms with E-state index in [1.807, 2.05) is 48.5 Å². The zero-order valence-corrected chi connectivity index (χ0v) is 16.8. The standard InChI is InChI=1S/C22H27NO3S/c1-3-18-11-8-12-19(4-2)22(18)23(20-13-14-27(25,26)16-20)21(24)15-17-9-6-5-7-10-17/h5-12,20H,3-4,13-16H2,1-2H3. The lowest BCUT2D eigenvalue weighted by molar-refractivity contribution is -0.118. The van der Waals surface area contributed by atoms with Crippen molar-refractivity contribution in [2.24, 2.45) is 0 Å². The molecule has 5 heteroatoms. The average molecular weight is 386 g/mol. The predicted octanol–water partition coefficient (Wildman–Crippen LogP) is 3.57. The highest BCUT2D eigenvalue weighted by Gasteiger charge is 2.36.